The number of hydrogen-bond acceptors (Lipinski definition) is 4. The molecule has 0 spiro atoms. The Bertz CT molecular complexity index is 1030. The summed E-state index contributed by atoms with van der Waals surface area (Å²) in [5.41, 5.74) is 3.42. The average Bonchev–Trinajstić information content (AvgIpc) is 3.34. The van der Waals surface area contributed by atoms with Crippen LogP contribution in [0.25, 0.3) is 0 Å². The Morgan fingerprint density at radius 2 is 2.00 bits per heavy atom. The third kappa shape index (κ3) is 4.97. The Morgan fingerprint density at radius 3 is 2.74 bits per heavy atom. The first kappa shape index (κ1) is 20.7. The maximum absolute atomic E-state index is 12.9. The normalized spacial score (nSPS) is 16.0. The summed E-state index contributed by atoms with van der Waals surface area (Å²) in [5, 5.41) is 3.03. The molecule has 2 amide bonds. The van der Waals surface area contributed by atoms with Crippen LogP contribution in [0.1, 0.15) is 34.3 Å². The van der Waals surface area contributed by atoms with Gasteiger partial charge in [-0.15, -0.1) is 0 Å². The number of benzene rings is 2. The van der Waals surface area contributed by atoms with Gasteiger partial charge in [0.25, 0.3) is 5.91 Å². The van der Waals surface area contributed by atoms with Crippen molar-refractivity contribution in [2.75, 3.05) is 25.5 Å². The average molecular weight is 418 g/mol. The first-order valence-corrected chi connectivity index (χ1v) is 10.5. The molecule has 1 aliphatic heterocycles. The molecule has 1 saturated heterocycles. The van der Waals surface area contributed by atoms with Crippen LogP contribution in [-0.4, -0.2) is 36.9 Å². The Hall–Kier alpha value is -3.54. The Balaban J connectivity index is 1.44. The van der Waals surface area contributed by atoms with Crippen molar-refractivity contribution in [3.63, 3.8) is 0 Å². The zero-order valence-electron chi connectivity index (χ0n) is 17.5. The van der Waals surface area contributed by atoms with E-state index in [1.54, 1.807) is 18.1 Å². The predicted octanol–water partition coefficient (Wildman–Crippen LogP) is 4.37. The van der Waals surface area contributed by atoms with Crippen LogP contribution in [0, 0.1) is 5.92 Å². The van der Waals surface area contributed by atoms with Crippen molar-refractivity contribution in [1.29, 1.82) is 0 Å². The minimum Gasteiger partial charge on any atom is -0.496 e. The largest absolute Gasteiger partial charge is 0.496 e. The Kier molecular flexibility index (Phi) is 6.36. The lowest BCUT2D eigenvalue weighted by Gasteiger charge is -2.31. The summed E-state index contributed by atoms with van der Waals surface area (Å²) < 4.78 is 10.5. The highest BCUT2D eigenvalue weighted by atomic mass is 16.5. The molecule has 2 heterocycles. The van der Waals surface area contributed by atoms with Crippen LogP contribution < -0.4 is 10.1 Å². The molecule has 4 rings (SSSR count). The van der Waals surface area contributed by atoms with Gasteiger partial charge in [-0.3, -0.25) is 9.59 Å². The highest BCUT2D eigenvalue weighted by Gasteiger charge is 2.29. The van der Waals surface area contributed by atoms with Crippen LogP contribution in [0.3, 0.4) is 0 Å². The third-order valence-electron chi connectivity index (χ3n) is 5.63. The van der Waals surface area contributed by atoms with Gasteiger partial charge in [-0.2, -0.15) is 0 Å². The molecule has 0 radical (unpaired) electrons. The summed E-state index contributed by atoms with van der Waals surface area (Å²) in [6.45, 7) is 1.06. The SMILES string of the molecule is COc1ccc(NC(=O)[C@@H]2CCCN(C(=O)c3ccoc3)C2)cc1Cc1ccccc1. The molecule has 1 aromatic heterocycles. The molecule has 1 atom stereocenters. The number of methoxy groups -OCH3 is 1. The van der Waals surface area contributed by atoms with Crippen LogP contribution in [-0.2, 0) is 11.2 Å². The number of carbonyl (C=O) groups is 2. The van der Waals surface area contributed by atoms with E-state index >= 15 is 0 Å². The second-order valence-electron chi connectivity index (χ2n) is 7.78. The van der Waals surface area contributed by atoms with Crippen molar-refractivity contribution < 1.29 is 18.7 Å². The molecular weight excluding hydrogens is 392 g/mol. The molecular formula is C25H26N2O4. The van der Waals surface area contributed by atoms with Gasteiger partial charge in [0.05, 0.1) is 24.9 Å². The van der Waals surface area contributed by atoms with E-state index in [-0.39, 0.29) is 17.7 Å². The van der Waals surface area contributed by atoms with Gasteiger partial charge < -0.3 is 19.4 Å². The number of nitrogens with one attached hydrogen (secondary N) is 1. The van der Waals surface area contributed by atoms with Gasteiger partial charge in [-0.05, 0) is 42.7 Å². The molecule has 1 aliphatic rings. The predicted molar refractivity (Wildman–Crippen MR) is 118 cm³/mol. The van der Waals surface area contributed by atoms with Crippen molar-refractivity contribution >= 4 is 17.5 Å². The number of likely N-dealkylation sites (tertiary alicyclic amines) is 1. The minimum absolute atomic E-state index is 0.0690. The number of amides is 2. The van der Waals surface area contributed by atoms with E-state index in [9.17, 15) is 9.59 Å². The van der Waals surface area contributed by atoms with Gasteiger partial charge in [0, 0.05) is 30.8 Å². The lowest BCUT2D eigenvalue weighted by Crippen LogP contribution is -2.43. The summed E-state index contributed by atoms with van der Waals surface area (Å²) in [7, 11) is 1.65. The maximum Gasteiger partial charge on any atom is 0.257 e. The fourth-order valence-corrected chi connectivity index (χ4v) is 4.00. The van der Waals surface area contributed by atoms with Gasteiger partial charge >= 0.3 is 0 Å². The summed E-state index contributed by atoms with van der Waals surface area (Å²) >= 11 is 0. The zero-order chi connectivity index (χ0) is 21.6. The number of anilines is 1. The zero-order valence-corrected chi connectivity index (χ0v) is 17.5. The lowest BCUT2D eigenvalue weighted by molar-refractivity contribution is -0.121. The first-order chi connectivity index (χ1) is 15.1. The molecule has 0 saturated carbocycles. The van der Waals surface area contributed by atoms with Crippen molar-refractivity contribution in [1.82, 2.24) is 4.90 Å². The van der Waals surface area contributed by atoms with E-state index in [1.807, 2.05) is 36.4 Å². The molecule has 2 aromatic carbocycles. The van der Waals surface area contributed by atoms with Crippen molar-refractivity contribution in [2.24, 2.45) is 5.92 Å². The Labute approximate surface area is 181 Å². The number of hydrogen-bond donors (Lipinski definition) is 1. The number of furan rings is 1. The van der Waals surface area contributed by atoms with E-state index < -0.39 is 0 Å². The molecule has 0 unspecified atom stereocenters. The highest BCUT2D eigenvalue weighted by molar-refractivity contribution is 5.96. The molecule has 31 heavy (non-hydrogen) atoms. The van der Waals surface area contributed by atoms with Gasteiger partial charge in [0.15, 0.2) is 0 Å². The van der Waals surface area contributed by atoms with Crippen LogP contribution >= 0.6 is 0 Å². The van der Waals surface area contributed by atoms with Crippen LogP contribution in [0.5, 0.6) is 5.75 Å². The Morgan fingerprint density at radius 1 is 1.16 bits per heavy atom. The summed E-state index contributed by atoms with van der Waals surface area (Å²) in [4.78, 5) is 27.3. The van der Waals surface area contributed by atoms with E-state index in [1.165, 1.54) is 18.1 Å². The monoisotopic (exact) mass is 418 g/mol. The van der Waals surface area contributed by atoms with E-state index in [4.69, 9.17) is 9.15 Å². The van der Waals surface area contributed by atoms with Crippen molar-refractivity contribution in [2.45, 2.75) is 19.3 Å². The molecule has 1 N–H and O–H groups in total. The number of ether oxygens (including phenoxy) is 1. The molecule has 0 aliphatic carbocycles. The van der Waals surface area contributed by atoms with E-state index in [2.05, 4.69) is 17.4 Å². The standard InChI is InChI=1S/C25H26N2O4/c1-30-23-10-9-22(15-21(23)14-18-6-3-2-4-7-18)26-24(28)19-8-5-12-27(16-19)25(29)20-11-13-31-17-20/h2-4,6-7,9-11,13,15,17,19H,5,8,12,14,16H2,1H3,(H,26,28)/t19-/m1/s1. The first-order valence-electron chi connectivity index (χ1n) is 10.5. The fourth-order valence-electron chi connectivity index (χ4n) is 4.00. The summed E-state index contributed by atoms with van der Waals surface area (Å²) in [6.07, 6.45) is 5.19. The van der Waals surface area contributed by atoms with E-state index in [0.717, 1.165) is 29.8 Å². The van der Waals surface area contributed by atoms with Crippen LogP contribution in [0.4, 0.5) is 5.69 Å². The van der Waals surface area contributed by atoms with Crippen molar-refractivity contribution in [3.8, 4) is 5.75 Å². The maximum atomic E-state index is 12.9. The van der Waals surface area contributed by atoms with Crippen molar-refractivity contribution in [3.05, 3.63) is 83.8 Å². The molecule has 160 valence electrons. The summed E-state index contributed by atoms with van der Waals surface area (Å²) in [6, 6.07) is 17.5. The highest BCUT2D eigenvalue weighted by Crippen LogP contribution is 2.27. The van der Waals surface area contributed by atoms with E-state index in [0.29, 0.717) is 25.1 Å². The van der Waals surface area contributed by atoms with Crippen LogP contribution in [0.15, 0.2) is 71.5 Å². The lowest BCUT2D eigenvalue weighted by atomic mass is 9.96. The molecule has 0 bridgehead atoms. The smallest absolute Gasteiger partial charge is 0.257 e. The summed E-state index contributed by atoms with van der Waals surface area (Å²) in [5.74, 6) is 0.377. The van der Waals surface area contributed by atoms with Gasteiger partial charge in [0.1, 0.15) is 12.0 Å². The second kappa shape index (κ2) is 9.51. The van der Waals surface area contributed by atoms with Crippen LogP contribution in [0.2, 0.25) is 0 Å². The fraction of sp³-hybridized carbons (Fsp3) is 0.280. The number of piperidine rings is 1. The molecule has 6 nitrogen and oxygen atoms in total. The number of carbonyl (C=O) groups excluding carboxylic acids is 2. The second-order valence-corrected chi connectivity index (χ2v) is 7.78. The number of rotatable bonds is 6. The van der Waals surface area contributed by atoms with Gasteiger partial charge in [-0.25, -0.2) is 0 Å². The van der Waals surface area contributed by atoms with Gasteiger partial charge in [0.2, 0.25) is 5.91 Å². The van der Waals surface area contributed by atoms with Gasteiger partial charge in [-0.1, -0.05) is 30.3 Å². The topological polar surface area (TPSA) is 71.8 Å². The molecule has 1 fully saturated rings. The third-order valence-corrected chi connectivity index (χ3v) is 5.63. The number of nitrogens with zero attached hydrogens (tertiary/aromatic N) is 1. The quantitative estimate of drug-likeness (QED) is 0.645. The minimum atomic E-state index is -0.246. The molecule has 3 aromatic rings. The molecule has 6 heteroatoms.